The molecule has 2 aromatic carbocycles. The van der Waals surface area contributed by atoms with E-state index in [1.807, 2.05) is 6.07 Å². The first-order chi connectivity index (χ1) is 11.5. The van der Waals surface area contributed by atoms with Crippen molar-refractivity contribution in [2.75, 3.05) is 11.9 Å². The molecular formula is C17H13BrClFN2O2. The van der Waals surface area contributed by atoms with E-state index in [2.05, 4.69) is 26.6 Å². The van der Waals surface area contributed by atoms with Crippen LogP contribution in [0.4, 0.5) is 10.1 Å². The van der Waals surface area contributed by atoms with E-state index < -0.39 is 11.7 Å². The molecule has 0 saturated heterocycles. The highest BCUT2D eigenvalue weighted by molar-refractivity contribution is 9.10. The van der Waals surface area contributed by atoms with Gasteiger partial charge in [0.05, 0.1) is 17.3 Å². The Labute approximate surface area is 151 Å². The van der Waals surface area contributed by atoms with Crippen molar-refractivity contribution in [3.05, 3.63) is 69.4 Å². The molecule has 0 atom stereocenters. The van der Waals surface area contributed by atoms with Crippen molar-refractivity contribution in [1.82, 2.24) is 5.32 Å². The van der Waals surface area contributed by atoms with E-state index in [9.17, 15) is 14.0 Å². The van der Waals surface area contributed by atoms with Gasteiger partial charge in [-0.1, -0.05) is 29.8 Å². The molecule has 24 heavy (non-hydrogen) atoms. The standard InChI is InChI=1S/C17H13BrClFN2O2/c18-12-4-1-2-7-15(12)22-17(24)10-21-16(23)9-8-11-13(19)5-3-6-14(11)20/h1-9H,10H2,(H,21,23)(H,22,24)/b9-8+. The van der Waals surface area contributed by atoms with Gasteiger partial charge in [0.2, 0.25) is 11.8 Å². The number of anilines is 1. The number of hydrogen-bond acceptors (Lipinski definition) is 2. The molecule has 0 spiro atoms. The lowest BCUT2D eigenvalue weighted by atomic mass is 10.2. The van der Waals surface area contributed by atoms with Crippen molar-refractivity contribution in [3.63, 3.8) is 0 Å². The van der Waals surface area contributed by atoms with Crippen molar-refractivity contribution in [3.8, 4) is 0 Å². The predicted molar refractivity (Wildman–Crippen MR) is 96.2 cm³/mol. The molecule has 4 nitrogen and oxygen atoms in total. The molecule has 0 aliphatic carbocycles. The van der Waals surface area contributed by atoms with Crippen LogP contribution in [0.25, 0.3) is 6.08 Å². The Kier molecular flexibility index (Phi) is 6.52. The Morgan fingerprint density at radius 1 is 1.17 bits per heavy atom. The summed E-state index contributed by atoms with van der Waals surface area (Å²) in [6.45, 7) is -0.213. The third-order valence-corrected chi connectivity index (χ3v) is 3.99. The zero-order chi connectivity index (χ0) is 17.5. The fourth-order valence-electron chi connectivity index (χ4n) is 1.81. The van der Waals surface area contributed by atoms with E-state index in [0.29, 0.717) is 5.69 Å². The molecule has 0 aromatic heterocycles. The average Bonchev–Trinajstić information content (AvgIpc) is 2.54. The minimum atomic E-state index is -0.531. The number of amides is 2. The van der Waals surface area contributed by atoms with Gasteiger partial charge in [-0.15, -0.1) is 0 Å². The van der Waals surface area contributed by atoms with Crippen LogP contribution < -0.4 is 10.6 Å². The minimum absolute atomic E-state index is 0.118. The summed E-state index contributed by atoms with van der Waals surface area (Å²) in [7, 11) is 0. The lowest BCUT2D eigenvalue weighted by Gasteiger charge is -2.07. The molecule has 2 aromatic rings. The number of rotatable bonds is 5. The number of carbonyl (C=O) groups excluding carboxylic acids is 2. The molecule has 0 radical (unpaired) electrons. The topological polar surface area (TPSA) is 58.2 Å². The number of carbonyl (C=O) groups is 2. The van der Waals surface area contributed by atoms with Gasteiger partial charge in [0, 0.05) is 16.1 Å². The van der Waals surface area contributed by atoms with Crippen LogP contribution >= 0.6 is 27.5 Å². The van der Waals surface area contributed by atoms with Gasteiger partial charge in [-0.25, -0.2) is 4.39 Å². The summed E-state index contributed by atoms with van der Waals surface area (Å²) in [6.07, 6.45) is 2.38. The van der Waals surface area contributed by atoms with Crippen LogP contribution in [-0.4, -0.2) is 18.4 Å². The van der Waals surface area contributed by atoms with Gasteiger partial charge in [-0.05, 0) is 46.3 Å². The van der Waals surface area contributed by atoms with Gasteiger partial charge in [0.1, 0.15) is 5.82 Å². The van der Waals surface area contributed by atoms with E-state index >= 15 is 0 Å². The van der Waals surface area contributed by atoms with Gasteiger partial charge in [-0.3, -0.25) is 9.59 Å². The highest BCUT2D eigenvalue weighted by Crippen LogP contribution is 2.21. The maximum Gasteiger partial charge on any atom is 0.244 e. The number of halogens is 3. The lowest BCUT2D eigenvalue weighted by molar-refractivity contribution is -0.121. The van der Waals surface area contributed by atoms with Crippen LogP contribution in [0.1, 0.15) is 5.56 Å². The molecule has 0 aliphatic rings. The fraction of sp³-hybridized carbons (Fsp3) is 0.0588. The maximum absolute atomic E-state index is 13.6. The Bertz CT molecular complexity index is 776. The van der Waals surface area contributed by atoms with Crippen molar-refractivity contribution in [1.29, 1.82) is 0 Å². The van der Waals surface area contributed by atoms with E-state index in [4.69, 9.17) is 11.6 Å². The molecule has 2 rings (SSSR count). The van der Waals surface area contributed by atoms with Crippen molar-refractivity contribution in [2.24, 2.45) is 0 Å². The monoisotopic (exact) mass is 410 g/mol. The SMILES string of the molecule is O=C(/C=C/c1c(F)cccc1Cl)NCC(=O)Nc1ccccc1Br. The molecule has 0 fully saturated rings. The molecule has 0 bridgehead atoms. The van der Waals surface area contributed by atoms with E-state index in [1.54, 1.807) is 18.2 Å². The second-order valence-corrected chi connectivity index (χ2v) is 5.98. The quantitative estimate of drug-likeness (QED) is 0.731. The highest BCUT2D eigenvalue weighted by Gasteiger charge is 2.07. The minimum Gasteiger partial charge on any atom is -0.343 e. The summed E-state index contributed by atoms with van der Waals surface area (Å²) in [6, 6.07) is 11.3. The lowest BCUT2D eigenvalue weighted by Crippen LogP contribution is -2.31. The second-order valence-electron chi connectivity index (χ2n) is 4.71. The molecule has 124 valence electrons. The first-order valence-corrected chi connectivity index (χ1v) is 8.09. The van der Waals surface area contributed by atoms with Gasteiger partial charge in [0.15, 0.2) is 0 Å². The molecule has 0 aliphatic heterocycles. The molecule has 0 heterocycles. The first kappa shape index (κ1) is 18.2. The average molecular weight is 412 g/mol. The van der Waals surface area contributed by atoms with Crippen molar-refractivity contribution in [2.45, 2.75) is 0 Å². The van der Waals surface area contributed by atoms with E-state index in [0.717, 1.165) is 10.5 Å². The van der Waals surface area contributed by atoms with Crippen LogP contribution in [0.2, 0.25) is 5.02 Å². The van der Waals surface area contributed by atoms with E-state index in [1.165, 1.54) is 24.3 Å². The Morgan fingerprint density at radius 3 is 2.62 bits per heavy atom. The molecule has 0 unspecified atom stereocenters. The Morgan fingerprint density at radius 2 is 1.92 bits per heavy atom. The zero-order valence-electron chi connectivity index (χ0n) is 12.4. The Hall–Kier alpha value is -2.18. The zero-order valence-corrected chi connectivity index (χ0v) is 14.7. The predicted octanol–water partition coefficient (Wildman–Crippen LogP) is 4.01. The Balaban J connectivity index is 1.88. The molecule has 2 N–H and O–H groups in total. The summed E-state index contributed by atoms with van der Waals surface area (Å²) >= 11 is 9.16. The highest BCUT2D eigenvalue weighted by atomic mass is 79.9. The van der Waals surface area contributed by atoms with Crippen LogP contribution in [-0.2, 0) is 9.59 Å². The van der Waals surface area contributed by atoms with Gasteiger partial charge in [-0.2, -0.15) is 0 Å². The fourth-order valence-corrected chi connectivity index (χ4v) is 2.42. The van der Waals surface area contributed by atoms with Crippen molar-refractivity contribution >= 4 is 51.1 Å². The smallest absolute Gasteiger partial charge is 0.244 e. The van der Waals surface area contributed by atoms with Crippen LogP contribution in [0.15, 0.2) is 53.0 Å². The van der Waals surface area contributed by atoms with E-state index in [-0.39, 0.29) is 23.0 Å². The van der Waals surface area contributed by atoms with Crippen LogP contribution in [0.5, 0.6) is 0 Å². The molecule has 0 saturated carbocycles. The second kappa shape index (κ2) is 8.61. The molecular weight excluding hydrogens is 399 g/mol. The third kappa shape index (κ3) is 5.18. The number of hydrogen-bond donors (Lipinski definition) is 2. The van der Waals surface area contributed by atoms with Crippen molar-refractivity contribution < 1.29 is 14.0 Å². The summed E-state index contributed by atoms with van der Waals surface area (Å²) < 4.78 is 14.3. The normalized spacial score (nSPS) is 10.6. The largest absolute Gasteiger partial charge is 0.343 e. The third-order valence-electron chi connectivity index (χ3n) is 2.97. The van der Waals surface area contributed by atoms with Gasteiger partial charge < -0.3 is 10.6 Å². The first-order valence-electron chi connectivity index (χ1n) is 6.91. The number of para-hydroxylation sites is 1. The maximum atomic E-state index is 13.6. The number of nitrogens with one attached hydrogen (secondary N) is 2. The summed E-state index contributed by atoms with van der Waals surface area (Å²) in [5, 5.41) is 5.26. The van der Waals surface area contributed by atoms with Crippen LogP contribution in [0, 0.1) is 5.82 Å². The molecule has 7 heteroatoms. The summed E-state index contributed by atoms with van der Waals surface area (Å²) in [5.41, 5.74) is 0.720. The summed E-state index contributed by atoms with van der Waals surface area (Å²) in [4.78, 5) is 23.5. The number of benzene rings is 2. The molecule has 2 amide bonds. The van der Waals surface area contributed by atoms with Gasteiger partial charge >= 0.3 is 0 Å². The van der Waals surface area contributed by atoms with Crippen LogP contribution in [0.3, 0.4) is 0 Å². The summed E-state index contributed by atoms with van der Waals surface area (Å²) in [5.74, 6) is -1.44. The van der Waals surface area contributed by atoms with Gasteiger partial charge in [0.25, 0.3) is 0 Å².